The van der Waals surface area contributed by atoms with E-state index >= 15 is 0 Å². The molecule has 0 aliphatic heterocycles. The summed E-state index contributed by atoms with van der Waals surface area (Å²) in [6.07, 6.45) is -0.334. The average molecular weight is 418 g/mol. The lowest BCUT2D eigenvalue weighted by atomic mass is 10.1. The minimum absolute atomic E-state index is 0.0327. The molecule has 3 N–H and O–H groups in total. The van der Waals surface area contributed by atoms with Crippen molar-refractivity contribution in [1.29, 1.82) is 0 Å². The second-order valence-electron chi connectivity index (χ2n) is 6.36. The van der Waals surface area contributed by atoms with E-state index < -0.39 is 17.6 Å². The normalized spacial score (nSPS) is 11.7. The summed E-state index contributed by atoms with van der Waals surface area (Å²) in [5.41, 5.74) is 0.213. The second kappa shape index (κ2) is 8.68. The lowest BCUT2D eigenvalue weighted by Gasteiger charge is -2.12. The van der Waals surface area contributed by atoms with E-state index in [2.05, 4.69) is 15.6 Å². The number of nitrogens with one attached hydrogen (secondary N) is 1. The fraction of sp³-hybridized carbons (Fsp3) is 0.150. The number of amides is 1. The van der Waals surface area contributed by atoms with Crippen LogP contribution in [0.5, 0.6) is 11.5 Å². The van der Waals surface area contributed by atoms with Crippen molar-refractivity contribution in [3.05, 3.63) is 77.1 Å². The minimum Gasteiger partial charge on any atom is -0.504 e. The number of nitrogens with zero attached hydrogens (tertiary/aromatic N) is 3. The Hall–Kier alpha value is -3.82. The molecule has 0 aliphatic carbocycles. The molecule has 10 heteroatoms. The highest BCUT2D eigenvalue weighted by atomic mass is 19.4. The third kappa shape index (κ3) is 5.37. The van der Waals surface area contributed by atoms with Gasteiger partial charge in [0.05, 0.1) is 24.8 Å². The molecule has 3 aromatic rings. The van der Waals surface area contributed by atoms with Gasteiger partial charge in [-0.3, -0.25) is 4.79 Å². The Bertz CT molecular complexity index is 1080. The van der Waals surface area contributed by atoms with E-state index in [1.54, 1.807) is 0 Å². The molecule has 156 valence electrons. The fourth-order valence-corrected chi connectivity index (χ4v) is 2.66. The zero-order chi connectivity index (χ0) is 21.7. The van der Waals surface area contributed by atoms with Crippen molar-refractivity contribution in [2.75, 3.05) is 0 Å². The average Bonchev–Trinajstić information content (AvgIpc) is 3.14. The van der Waals surface area contributed by atoms with Crippen molar-refractivity contribution >= 4 is 12.0 Å². The van der Waals surface area contributed by atoms with E-state index in [4.69, 9.17) is 0 Å². The Morgan fingerprint density at radius 3 is 2.63 bits per heavy atom. The van der Waals surface area contributed by atoms with Crippen LogP contribution in [0.25, 0.3) is 6.08 Å². The largest absolute Gasteiger partial charge is 0.504 e. The standard InChI is InChI=1S/C20H17F3N4O3/c21-20(22,23)16-4-2-1-3-14(16)11-27-12-15(25-26-27)10-24-19(30)8-6-13-5-7-17(28)18(29)9-13/h1-9,12,28-29H,10-11H2,(H,24,30)/b8-6+. The van der Waals surface area contributed by atoms with Gasteiger partial charge in [-0.25, -0.2) is 4.68 Å². The molecule has 1 amide bonds. The van der Waals surface area contributed by atoms with Gasteiger partial charge in [0.25, 0.3) is 0 Å². The van der Waals surface area contributed by atoms with Crippen LogP contribution in [-0.4, -0.2) is 31.1 Å². The highest BCUT2D eigenvalue weighted by molar-refractivity contribution is 5.91. The monoisotopic (exact) mass is 418 g/mol. The van der Waals surface area contributed by atoms with Crippen molar-refractivity contribution in [3.8, 4) is 11.5 Å². The molecular weight excluding hydrogens is 401 g/mol. The predicted molar refractivity (Wildman–Crippen MR) is 101 cm³/mol. The van der Waals surface area contributed by atoms with Crippen LogP contribution in [0.4, 0.5) is 13.2 Å². The van der Waals surface area contributed by atoms with Crippen LogP contribution in [0, 0.1) is 0 Å². The molecule has 0 fully saturated rings. The van der Waals surface area contributed by atoms with Crippen LogP contribution < -0.4 is 5.32 Å². The van der Waals surface area contributed by atoms with E-state index in [1.807, 2.05) is 0 Å². The summed E-state index contributed by atoms with van der Waals surface area (Å²) < 4.78 is 40.5. The van der Waals surface area contributed by atoms with Gasteiger partial charge in [0.2, 0.25) is 5.91 Å². The van der Waals surface area contributed by atoms with Crippen molar-refractivity contribution in [2.24, 2.45) is 0 Å². The summed E-state index contributed by atoms with van der Waals surface area (Å²) in [5.74, 6) is -1.02. The van der Waals surface area contributed by atoms with Gasteiger partial charge in [-0.15, -0.1) is 5.10 Å². The third-order valence-corrected chi connectivity index (χ3v) is 4.11. The second-order valence-corrected chi connectivity index (χ2v) is 6.36. The number of benzene rings is 2. The van der Waals surface area contributed by atoms with Crippen molar-refractivity contribution in [2.45, 2.75) is 19.3 Å². The Morgan fingerprint density at radius 1 is 1.13 bits per heavy atom. The van der Waals surface area contributed by atoms with Crippen LogP contribution in [0.1, 0.15) is 22.4 Å². The van der Waals surface area contributed by atoms with Gasteiger partial charge in [-0.1, -0.05) is 29.5 Å². The van der Waals surface area contributed by atoms with Gasteiger partial charge >= 0.3 is 6.18 Å². The molecule has 0 bridgehead atoms. The maximum Gasteiger partial charge on any atom is 0.416 e. The Labute approximate surface area is 169 Å². The first-order valence-corrected chi connectivity index (χ1v) is 8.74. The van der Waals surface area contributed by atoms with Gasteiger partial charge < -0.3 is 15.5 Å². The van der Waals surface area contributed by atoms with Crippen molar-refractivity contribution in [1.82, 2.24) is 20.3 Å². The van der Waals surface area contributed by atoms with E-state index in [1.165, 1.54) is 59.4 Å². The van der Waals surface area contributed by atoms with Crippen LogP contribution in [0.15, 0.2) is 54.7 Å². The number of rotatable bonds is 6. The van der Waals surface area contributed by atoms with Crippen LogP contribution in [0.2, 0.25) is 0 Å². The number of hydrogen-bond acceptors (Lipinski definition) is 5. The molecular formula is C20H17F3N4O3. The highest BCUT2D eigenvalue weighted by Crippen LogP contribution is 2.32. The molecule has 2 aromatic carbocycles. The Morgan fingerprint density at radius 2 is 1.90 bits per heavy atom. The van der Waals surface area contributed by atoms with Gasteiger partial charge in [0.15, 0.2) is 11.5 Å². The quantitative estimate of drug-likeness (QED) is 0.422. The first-order chi connectivity index (χ1) is 14.2. The molecule has 0 spiro atoms. The number of carbonyl (C=O) groups excluding carboxylic acids is 1. The van der Waals surface area contributed by atoms with Crippen molar-refractivity contribution in [3.63, 3.8) is 0 Å². The van der Waals surface area contributed by atoms with E-state index in [-0.39, 0.29) is 30.2 Å². The summed E-state index contributed by atoms with van der Waals surface area (Å²) in [5, 5.41) is 28.9. The molecule has 0 radical (unpaired) electrons. The third-order valence-electron chi connectivity index (χ3n) is 4.11. The maximum absolute atomic E-state index is 13.1. The molecule has 1 aromatic heterocycles. The molecule has 7 nitrogen and oxygen atoms in total. The summed E-state index contributed by atoms with van der Waals surface area (Å²) in [7, 11) is 0. The molecule has 0 saturated heterocycles. The Balaban J connectivity index is 1.58. The van der Waals surface area contributed by atoms with Gasteiger partial charge in [-0.2, -0.15) is 13.2 Å². The SMILES string of the molecule is O=C(/C=C/c1ccc(O)c(O)c1)NCc1cn(Cc2ccccc2C(F)(F)F)nn1. The highest BCUT2D eigenvalue weighted by Gasteiger charge is 2.32. The van der Waals surface area contributed by atoms with Gasteiger partial charge in [-0.05, 0) is 35.4 Å². The molecule has 3 rings (SSSR count). The summed E-state index contributed by atoms with van der Waals surface area (Å²) in [6.45, 7) is -0.0776. The number of phenols is 2. The topological polar surface area (TPSA) is 100 Å². The molecule has 30 heavy (non-hydrogen) atoms. The lowest BCUT2D eigenvalue weighted by Crippen LogP contribution is -2.20. The Kier molecular flexibility index (Phi) is 6.05. The van der Waals surface area contributed by atoms with Crippen LogP contribution in [-0.2, 0) is 24.1 Å². The first-order valence-electron chi connectivity index (χ1n) is 8.74. The summed E-state index contributed by atoms with van der Waals surface area (Å²) >= 11 is 0. The summed E-state index contributed by atoms with van der Waals surface area (Å²) in [6, 6.07) is 9.32. The van der Waals surface area contributed by atoms with Gasteiger partial charge in [0.1, 0.15) is 5.69 Å². The number of phenolic OH excluding ortho intramolecular Hbond substituents is 2. The zero-order valence-electron chi connectivity index (χ0n) is 15.5. The van der Waals surface area contributed by atoms with Crippen LogP contribution in [0.3, 0.4) is 0 Å². The van der Waals surface area contributed by atoms with E-state index in [0.717, 1.165) is 6.07 Å². The number of hydrogen-bond donors (Lipinski definition) is 3. The fourth-order valence-electron chi connectivity index (χ4n) is 2.66. The van der Waals surface area contributed by atoms with Crippen molar-refractivity contribution < 1.29 is 28.2 Å². The van der Waals surface area contributed by atoms with E-state index in [9.17, 15) is 28.2 Å². The molecule has 0 aliphatic rings. The zero-order valence-corrected chi connectivity index (χ0v) is 15.5. The molecule has 1 heterocycles. The number of alkyl halides is 3. The number of aromatic nitrogens is 3. The maximum atomic E-state index is 13.1. The minimum atomic E-state index is -4.46. The van der Waals surface area contributed by atoms with Gasteiger partial charge in [0, 0.05) is 6.08 Å². The molecule has 0 unspecified atom stereocenters. The molecule has 0 atom stereocenters. The first kappa shape index (κ1) is 20.9. The number of halogens is 3. The predicted octanol–water partition coefficient (Wildman–Crippen LogP) is 3.09. The summed E-state index contributed by atoms with van der Waals surface area (Å²) in [4.78, 5) is 11.9. The number of aromatic hydroxyl groups is 2. The van der Waals surface area contributed by atoms with E-state index in [0.29, 0.717) is 11.3 Å². The lowest BCUT2D eigenvalue weighted by molar-refractivity contribution is -0.138. The smallest absolute Gasteiger partial charge is 0.416 e. The van der Waals surface area contributed by atoms with Crippen LogP contribution >= 0.6 is 0 Å². The molecule has 0 saturated carbocycles. The number of carbonyl (C=O) groups is 1.